The molecule has 2 rings (SSSR count). The van der Waals surface area contributed by atoms with E-state index >= 15 is 0 Å². The van der Waals surface area contributed by atoms with Crippen LogP contribution in [0.25, 0.3) is 0 Å². The summed E-state index contributed by atoms with van der Waals surface area (Å²) >= 11 is 6.01. The van der Waals surface area contributed by atoms with Crippen molar-refractivity contribution < 1.29 is 13.2 Å². The van der Waals surface area contributed by atoms with E-state index < -0.39 is 10.0 Å². The Kier molecular flexibility index (Phi) is 4.90. The Labute approximate surface area is 124 Å². The van der Waals surface area contributed by atoms with Crippen LogP contribution in [0.5, 0.6) is 5.75 Å². The first-order valence-corrected chi connectivity index (χ1v) is 8.38. The maximum absolute atomic E-state index is 12.7. The van der Waals surface area contributed by atoms with E-state index in [4.69, 9.17) is 22.1 Å². The van der Waals surface area contributed by atoms with Crippen LogP contribution in [-0.2, 0) is 10.0 Å². The lowest BCUT2D eigenvalue weighted by Gasteiger charge is -2.33. The Balaban J connectivity index is 2.36. The number of nitrogens with zero attached hydrogens (tertiary/aromatic N) is 1. The molecule has 0 aromatic heterocycles. The molecule has 0 unspecified atom stereocenters. The van der Waals surface area contributed by atoms with Gasteiger partial charge in [-0.05, 0) is 31.0 Å². The summed E-state index contributed by atoms with van der Waals surface area (Å²) in [5.41, 5.74) is 5.69. The second-order valence-electron chi connectivity index (χ2n) is 4.80. The van der Waals surface area contributed by atoms with Gasteiger partial charge in [-0.25, -0.2) is 8.42 Å². The fraction of sp³-hybridized carbons (Fsp3) is 0.538. The van der Waals surface area contributed by atoms with Gasteiger partial charge in [-0.15, -0.1) is 0 Å². The van der Waals surface area contributed by atoms with Crippen molar-refractivity contribution in [1.82, 2.24) is 4.31 Å². The normalized spacial score (nSPS) is 20.9. The lowest BCUT2D eigenvalue weighted by Crippen LogP contribution is -2.47. The number of methoxy groups -OCH3 is 1. The van der Waals surface area contributed by atoms with Crippen LogP contribution >= 0.6 is 11.6 Å². The highest BCUT2D eigenvalue weighted by Crippen LogP contribution is 2.30. The maximum Gasteiger partial charge on any atom is 0.243 e. The highest BCUT2D eigenvalue weighted by molar-refractivity contribution is 7.89. The van der Waals surface area contributed by atoms with Crippen LogP contribution in [0.3, 0.4) is 0 Å². The number of hydrogen-bond acceptors (Lipinski definition) is 4. The van der Waals surface area contributed by atoms with Gasteiger partial charge in [0.25, 0.3) is 0 Å². The van der Waals surface area contributed by atoms with Crippen molar-refractivity contribution in [2.75, 3.05) is 20.2 Å². The van der Waals surface area contributed by atoms with Crippen molar-refractivity contribution in [1.29, 1.82) is 0 Å². The van der Waals surface area contributed by atoms with E-state index in [1.165, 1.54) is 23.5 Å². The van der Waals surface area contributed by atoms with Crippen LogP contribution in [0.4, 0.5) is 0 Å². The van der Waals surface area contributed by atoms with Crippen molar-refractivity contribution in [2.45, 2.75) is 30.2 Å². The SMILES string of the molecule is COc1ccc(S(=O)(=O)N2CCCC[C@H]2CN)cc1Cl. The summed E-state index contributed by atoms with van der Waals surface area (Å²) in [7, 11) is -2.07. The number of benzene rings is 1. The van der Waals surface area contributed by atoms with Crippen LogP contribution in [0.15, 0.2) is 23.1 Å². The number of hydrogen-bond donors (Lipinski definition) is 1. The number of sulfonamides is 1. The zero-order valence-corrected chi connectivity index (χ0v) is 13.0. The van der Waals surface area contributed by atoms with Crippen molar-refractivity contribution in [3.05, 3.63) is 23.2 Å². The van der Waals surface area contributed by atoms with Gasteiger partial charge in [0.1, 0.15) is 5.75 Å². The zero-order valence-electron chi connectivity index (χ0n) is 11.4. The Bertz CT molecular complexity index is 577. The molecule has 5 nitrogen and oxygen atoms in total. The van der Waals surface area contributed by atoms with E-state index in [0.717, 1.165) is 19.3 Å². The molecule has 1 saturated heterocycles. The van der Waals surface area contributed by atoms with E-state index in [0.29, 0.717) is 18.8 Å². The fourth-order valence-electron chi connectivity index (χ4n) is 2.47. The largest absolute Gasteiger partial charge is 0.495 e. The molecule has 1 heterocycles. The van der Waals surface area contributed by atoms with E-state index in [1.807, 2.05) is 0 Å². The van der Waals surface area contributed by atoms with E-state index in [1.54, 1.807) is 6.07 Å². The monoisotopic (exact) mass is 318 g/mol. The highest BCUT2D eigenvalue weighted by Gasteiger charge is 2.32. The van der Waals surface area contributed by atoms with Crippen LogP contribution in [0, 0.1) is 0 Å². The molecule has 7 heteroatoms. The topological polar surface area (TPSA) is 72.6 Å². The van der Waals surface area contributed by atoms with Crippen molar-refractivity contribution in [3.63, 3.8) is 0 Å². The first-order chi connectivity index (χ1) is 9.50. The molecule has 20 heavy (non-hydrogen) atoms. The van der Waals surface area contributed by atoms with Gasteiger partial charge in [0.15, 0.2) is 0 Å². The van der Waals surface area contributed by atoms with Crippen LogP contribution in [-0.4, -0.2) is 39.0 Å². The third-order valence-electron chi connectivity index (χ3n) is 3.58. The first-order valence-electron chi connectivity index (χ1n) is 6.56. The van der Waals surface area contributed by atoms with Gasteiger partial charge in [0.05, 0.1) is 17.0 Å². The van der Waals surface area contributed by atoms with Crippen molar-refractivity contribution >= 4 is 21.6 Å². The minimum atomic E-state index is -3.56. The molecule has 0 amide bonds. The summed E-state index contributed by atoms with van der Waals surface area (Å²) < 4.78 is 31.9. The molecule has 1 fully saturated rings. The molecule has 112 valence electrons. The summed E-state index contributed by atoms with van der Waals surface area (Å²) in [5, 5.41) is 0.287. The van der Waals surface area contributed by atoms with Crippen LogP contribution < -0.4 is 10.5 Å². The van der Waals surface area contributed by atoms with Crippen molar-refractivity contribution in [3.8, 4) is 5.75 Å². The average Bonchev–Trinajstić information content (AvgIpc) is 2.47. The molecule has 1 aliphatic rings. The molecule has 0 spiro atoms. The predicted octanol–water partition coefficient (Wildman–Crippen LogP) is 1.85. The summed E-state index contributed by atoms with van der Waals surface area (Å²) in [6.45, 7) is 0.844. The molecule has 1 atom stereocenters. The van der Waals surface area contributed by atoms with Gasteiger partial charge in [-0.3, -0.25) is 0 Å². The van der Waals surface area contributed by atoms with E-state index in [-0.39, 0.29) is 16.0 Å². The molecule has 0 bridgehead atoms. The van der Waals surface area contributed by atoms with E-state index in [9.17, 15) is 8.42 Å². The first kappa shape index (κ1) is 15.6. The van der Waals surface area contributed by atoms with E-state index in [2.05, 4.69) is 0 Å². The summed E-state index contributed by atoms with van der Waals surface area (Å²) in [6, 6.07) is 4.38. The van der Waals surface area contributed by atoms with Gasteiger partial charge in [0, 0.05) is 19.1 Å². The molecule has 0 saturated carbocycles. The average molecular weight is 319 g/mol. The number of rotatable bonds is 4. The molecule has 0 radical (unpaired) electrons. The molecule has 1 aliphatic heterocycles. The minimum Gasteiger partial charge on any atom is -0.495 e. The van der Waals surface area contributed by atoms with Gasteiger partial charge in [-0.1, -0.05) is 18.0 Å². The minimum absolute atomic E-state index is 0.130. The number of piperidine rings is 1. The highest BCUT2D eigenvalue weighted by atomic mass is 35.5. The third-order valence-corrected chi connectivity index (χ3v) is 5.82. The second-order valence-corrected chi connectivity index (χ2v) is 7.10. The van der Waals surface area contributed by atoms with Crippen molar-refractivity contribution in [2.24, 2.45) is 5.73 Å². The Morgan fingerprint density at radius 2 is 2.20 bits per heavy atom. The third kappa shape index (κ3) is 2.93. The fourth-order valence-corrected chi connectivity index (χ4v) is 4.52. The van der Waals surface area contributed by atoms with Crippen LogP contribution in [0.1, 0.15) is 19.3 Å². The van der Waals surface area contributed by atoms with Gasteiger partial charge in [-0.2, -0.15) is 4.31 Å². The molecular formula is C13H19ClN2O3S. The molecule has 2 N–H and O–H groups in total. The molecule has 1 aromatic carbocycles. The maximum atomic E-state index is 12.7. The number of ether oxygens (including phenoxy) is 1. The van der Waals surface area contributed by atoms with Crippen LogP contribution in [0.2, 0.25) is 5.02 Å². The summed E-state index contributed by atoms with van der Waals surface area (Å²) in [4.78, 5) is 0.184. The van der Waals surface area contributed by atoms with Gasteiger partial charge >= 0.3 is 0 Å². The Morgan fingerprint density at radius 1 is 1.45 bits per heavy atom. The van der Waals surface area contributed by atoms with Gasteiger partial charge < -0.3 is 10.5 Å². The zero-order chi connectivity index (χ0) is 14.8. The van der Waals surface area contributed by atoms with Gasteiger partial charge in [0.2, 0.25) is 10.0 Å². The predicted molar refractivity (Wildman–Crippen MR) is 78.6 cm³/mol. The molecular weight excluding hydrogens is 300 g/mol. The standard InChI is InChI=1S/C13H19ClN2O3S/c1-19-13-6-5-11(8-12(13)14)20(17,18)16-7-3-2-4-10(16)9-15/h5-6,8,10H,2-4,7,9,15H2,1H3/t10-/m0/s1. The quantitative estimate of drug-likeness (QED) is 0.919. The lowest BCUT2D eigenvalue weighted by molar-refractivity contribution is 0.257. The Hall–Kier alpha value is -0.820. The number of halogens is 1. The number of nitrogens with two attached hydrogens (primary N) is 1. The Morgan fingerprint density at radius 3 is 2.80 bits per heavy atom. The lowest BCUT2D eigenvalue weighted by atomic mass is 10.1. The second kappa shape index (κ2) is 6.30. The summed E-state index contributed by atoms with van der Waals surface area (Å²) in [6.07, 6.45) is 2.68. The molecule has 1 aromatic rings. The molecule has 0 aliphatic carbocycles. The smallest absolute Gasteiger partial charge is 0.243 e. The summed E-state index contributed by atoms with van der Waals surface area (Å²) in [5.74, 6) is 0.458.